The molecule has 7 nitrogen and oxygen atoms in total. The Morgan fingerprint density at radius 3 is 2.57 bits per heavy atom. The molecule has 0 spiro atoms. The van der Waals surface area contributed by atoms with E-state index < -0.39 is 16.0 Å². The number of sulfonamides is 1. The van der Waals surface area contributed by atoms with Gasteiger partial charge in [0.1, 0.15) is 5.56 Å². The Bertz CT molecular complexity index is 732. The highest BCUT2D eigenvalue weighted by atomic mass is 32.2. The van der Waals surface area contributed by atoms with E-state index in [1.807, 2.05) is 0 Å². The fourth-order valence-corrected chi connectivity index (χ4v) is 2.72. The maximum atomic E-state index is 12.0. The van der Waals surface area contributed by atoms with E-state index in [4.69, 9.17) is 5.11 Å². The molecule has 0 aliphatic rings. The molecule has 0 radical (unpaired) electrons. The lowest BCUT2D eigenvalue weighted by Crippen LogP contribution is -2.20. The number of anilines is 1. The van der Waals surface area contributed by atoms with Crippen molar-refractivity contribution in [3.63, 3.8) is 0 Å². The number of pyridine rings is 2. The van der Waals surface area contributed by atoms with Crippen LogP contribution in [0.4, 0.5) is 5.82 Å². The number of hydrogen-bond acceptors (Lipinski definition) is 5. The second-order valence-corrected chi connectivity index (χ2v) is 6.07. The van der Waals surface area contributed by atoms with Gasteiger partial charge in [0.2, 0.25) is 10.0 Å². The van der Waals surface area contributed by atoms with Crippen molar-refractivity contribution < 1.29 is 18.3 Å². The summed E-state index contributed by atoms with van der Waals surface area (Å²) in [6, 6.07) is 6.16. The van der Waals surface area contributed by atoms with Crippen molar-refractivity contribution in [3.05, 3.63) is 54.0 Å². The molecule has 2 N–H and O–H groups in total. The third kappa shape index (κ3) is 4.25. The maximum Gasteiger partial charge on any atom is 0.339 e. The molecule has 0 fully saturated rings. The summed E-state index contributed by atoms with van der Waals surface area (Å²) in [5.74, 6) is -1.60. The molecule has 0 saturated heterocycles. The molecular formula is C13H13N3O4S. The normalized spacial score (nSPS) is 11.0. The van der Waals surface area contributed by atoms with Crippen LogP contribution in [0, 0.1) is 0 Å². The fraction of sp³-hybridized carbons (Fsp3) is 0.154. The first kappa shape index (κ1) is 14.9. The molecule has 0 aliphatic heterocycles. The summed E-state index contributed by atoms with van der Waals surface area (Å²) >= 11 is 0. The number of nitrogens with zero attached hydrogens (tertiary/aromatic N) is 2. The van der Waals surface area contributed by atoms with Crippen molar-refractivity contribution in [1.82, 2.24) is 9.97 Å². The zero-order valence-corrected chi connectivity index (χ0v) is 11.7. The topological polar surface area (TPSA) is 109 Å². The van der Waals surface area contributed by atoms with Crippen molar-refractivity contribution in [2.45, 2.75) is 6.42 Å². The zero-order valence-electron chi connectivity index (χ0n) is 10.9. The summed E-state index contributed by atoms with van der Waals surface area (Å²) < 4.78 is 26.2. The van der Waals surface area contributed by atoms with Crippen molar-refractivity contribution in [2.24, 2.45) is 0 Å². The molecule has 0 aromatic carbocycles. The van der Waals surface area contributed by atoms with Crippen LogP contribution in [0.25, 0.3) is 0 Å². The number of aryl methyl sites for hydroxylation is 1. The van der Waals surface area contributed by atoms with Crippen LogP contribution in [0.1, 0.15) is 15.9 Å². The fourth-order valence-electron chi connectivity index (χ4n) is 1.66. The molecular weight excluding hydrogens is 294 g/mol. The monoisotopic (exact) mass is 307 g/mol. The second-order valence-electron chi connectivity index (χ2n) is 4.23. The van der Waals surface area contributed by atoms with Crippen LogP contribution in [-0.4, -0.2) is 35.2 Å². The van der Waals surface area contributed by atoms with Gasteiger partial charge in [-0.05, 0) is 36.2 Å². The number of rotatable bonds is 6. The van der Waals surface area contributed by atoms with Gasteiger partial charge in [-0.1, -0.05) is 0 Å². The predicted molar refractivity (Wildman–Crippen MR) is 76.5 cm³/mol. The van der Waals surface area contributed by atoms with Crippen molar-refractivity contribution in [1.29, 1.82) is 0 Å². The van der Waals surface area contributed by atoms with E-state index >= 15 is 0 Å². The molecule has 2 aromatic rings. The smallest absolute Gasteiger partial charge is 0.339 e. The van der Waals surface area contributed by atoms with Gasteiger partial charge in [0.05, 0.1) is 5.75 Å². The molecule has 0 bridgehead atoms. The Labute approximate surface area is 121 Å². The molecule has 2 aromatic heterocycles. The second kappa shape index (κ2) is 6.31. The molecule has 8 heteroatoms. The van der Waals surface area contributed by atoms with Crippen LogP contribution < -0.4 is 4.72 Å². The van der Waals surface area contributed by atoms with E-state index in [1.165, 1.54) is 18.3 Å². The Morgan fingerprint density at radius 1 is 1.19 bits per heavy atom. The van der Waals surface area contributed by atoms with Crippen LogP contribution in [0.5, 0.6) is 0 Å². The van der Waals surface area contributed by atoms with Gasteiger partial charge in [0.25, 0.3) is 0 Å². The van der Waals surface area contributed by atoms with E-state index in [0.29, 0.717) is 6.42 Å². The predicted octanol–water partition coefficient (Wildman–Crippen LogP) is 1.16. The first-order chi connectivity index (χ1) is 9.98. The number of aromatic nitrogens is 2. The standard InChI is InChI=1S/C13H13N3O4S/c17-13(18)11-2-1-6-15-12(11)16-21(19,20)9-5-10-3-7-14-8-4-10/h1-4,6-8H,5,9H2,(H,15,16)(H,17,18). The van der Waals surface area contributed by atoms with Gasteiger partial charge >= 0.3 is 5.97 Å². The molecule has 0 amide bonds. The average Bonchev–Trinajstić information content (AvgIpc) is 2.46. The first-order valence-electron chi connectivity index (χ1n) is 6.05. The Balaban J connectivity index is 2.10. The lowest BCUT2D eigenvalue weighted by Gasteiger charge is -2.09. The molecule has 21 heavy (non-hydrogen) atoms. The minimum atomic E-state index is -3.69. The highest BCUT2D eigenvalue weighted by Crippen LogP contribution is 2.13. The van der Waals surface area contributed by atoms with Gasteiger partial charge in [0.15, 0.2) is 5.82 Å². The summed E-state index contributed by atoms with van der Waals surface area (Å²) in [6.45, 7) is 0. The van der Waals surface area contributed by atoms with Gasteiger partial charge in [-0.25, -0.2) is 18.2 Å². The van der Waals surface area contributed by atoms with Crippen LogP contribution in [-0.2, 0) is 16.4 Å². The molecule has 0 atom stereocenters. The van der Waals surface area contributed by atoms with Gasteiger partial charge in [-0.15, -0.1) is 0 Å². The van der Waals surface area contributed by atoms with E-state index in [-0.39, 0.29) is 17.1 Å². The largest absolute Gasteiger partial charge is 0.478 e. The van der Waals surface area contributed by atoms with E-state index in [9.17, 15) is 13.2 Å². The summed E-state index contributed by atoms with van der Waals surface area (Å²) in [4.78, 5) is 18.6. The number of carboxylic acid groups (broad SMARTS) is 1. The highest BCUT2D eigenvalue weighted by Gasteiger charge is 2.17. The lowest BCUT2D eigenvalue weighted by molar-refractivity contribution is 0.0697. The third-order valence-corrected chi connectivity index (χ3v) is 3.95. The molecule has 2 heterocycles. The third-order valence-electron chi connectivity index (χ3n) is 2.70. The summed E-state index contributed by atoms with van der Waals surface area (Å²) in [6.07, 6.45) is 4.79. The summed E-state index contributed by atoms with van der Waals surface area (Å²) in [7, 11) is -3.69. The molecule has 2 rings (SSSR count). The van der Waals surface area contributed by atoms with Crippen molar-refractivity contribution in [3.8, 4) is 0 Å². The Hall–Kier alpha value is -2.48. The van der Waals surface area contributed by atoms with E-state index in [2.05, 4.69) is 14.7 Å². The number of aromatic carboxylic acids is 1. The van der Waals surface area contributed by atoms with Gasteiger partial charge in [-0.2, -0.15) is 0 Å². The van der Waals surface area contributed by atoms with E-state index in [1.54, 1.807) is 24.5 Å². The zero-order chi connectivity index (χ0) is 15.3. The van der Waals surface area contributed by atoms with Crippen LogP contribution in [0.15, 0.2) is 42.9 Å². The van der Waals surface area contributed by atoms with E-state index in [0.717, 1.165) is 5.56 Å². The van der Waals surface area contributed by atoms with Crippen molar-refractivity contribution >= 4 is 21.8 Å². The maximum absolute atomic E-state index is 12.0. The molecule has 0 saturated carbocycles. The minimum absolute atomic E-state index is 0.174. The van der Waals surface area contributed by atoms with Gasteiger partial charge in [-0.3, -0.25) is 9.71 Å². The van der Waals surface area contributed by atoms with Crippen LogP contribution >= 0.6 is 0 Å². The summed E-state index contributed by atoms with van der Waals surface area (Å²) in [5, 5.41) is 8.99. The number of carbonyl (C=O) groups is 1. The molecule has 110 valence electrons. The van der Waals surface area contributed by atoms with Crippen LogP contribution in [0.2, 0.25) is 0 Å². The molecule has 0 aliphatic carbocycles. The van der Waals surface area contributed by atoms with Gasteiger partial charge < -0.3 is 5.11 Å². The number of carboxylic acids is 1. The quantitative estimate of drug-likeness (QED) is 0.828. The Morgan fingerprint density at radius 2 is 1.90 bits per heavy atom. The minimum Gasteiger partial charge on any atom is -0.478 e. The lowest BCUT2D eigenvalue weighted by atomic mass is 10.2. The van der Waals surface area contributed by atoms with Crippen LogP contribution in [0.3, 0.4) is 0 Å². The number of hydrogen-bond donors (Lipinski definition) is 2. The summed E-state index contributed by atoms with van der Waals surface area (Å²) in [5.41, 5.74) is 0.639. The SMILES string of the molecule is O=C(O)c1cccnc1NS(=O)(=O)CCc1ccncc1. The first-order valence-corrected chi connectivity index (χ1v) is 7.71. The molecule has 0 unspecified atom stereocenters. The average molecular weight is 307 g/mol. The number of nitrogens with one attached hydrogen (secondary N) is 1. The highest BCUT2D eigenvalue weighted by molar-refractivity contribution is 7.92. The van der Waals surface area contributed by atoms with Gasteiger partial charge in [0, 0.05) is 18.6 Å². The Kier molecular flexibility index (Phi) is 4.49. The van der Waals surface area contributed by atoms with Crippen molar-refractivity contribution in [2.75, 3.05) is 10.5 Å².